The third-order valence-electron chi connectivity index (χ3n) is 15.9. The minimum atomic E-state index is -0.890. The summed E-state index contributed by atoms with van der Waals surface area (Å²) >= 11 is 0. The van der Waals surface area contributed by atoms with Crippen LogP contribution in [0.4, 0.5) is 10.2 Å². The number of anilines is 1. The monoisotopic (exact) mass is 1170 g/mol. The van der Waals surface area contributed by atoms with E-state index in [0.717, 1.165) is 47.2 Å². The maximum absolute atomic E-state index is 14.7. The number of nitrogens with one attached hydrogen (secondary N) is 3. The molecule has 4 amide bonds. The molecule has 3 aliphatic rings. The fraction of sp³-hybridized carbons (Fsp3) is 0.516. The molecular weight excluding hydrogens is 1090 g/mol. The highest BCUT2D eigenvalue weighted by Crippen LogP contribution is 2.37. The summed E-state index contributed by atoms with van der Waals surface area (Å²) in [6.45, 7) is 14.9. The van der Waals surface area contributed by atoms with E-state index in [1.165, 1.54) is 23.8 Å². The van der Waals surface area contributed by atoms with Gasteiger partial charge in [0.1, 0.15) is 42.1 Å². The van der Waals surface area contributed by atoms with Crippen molar-refractivity contribution < 1.29 is 56.8 Å². The van der Waals surface area contributed by atoms with Gasteiger partial charge in [-0.05, 0) is 118 Å². The molecule has 458 valence electrons. The molecule has 85 heavy (non-hydrogen) atoms. The van der Waals surface area contributed by atoms with E-state index in [-0.39, 0.29) is 74.0 Å². The second kappa shape index (κ2) is 29.7. The first-order valence-electron chi connectivity index (χ1n) is 29.6. The number of carbonyl (C=O) groups is 5. The van der Waals surface area contributed by atoms with Crippen molar-refractivity contribution in [3.8, 4) is 22.6 Å². The number of ether oxygens (including phenoxy) is 6. The number of hydrogen-bond donors (Lipinski definition) is 4. The molecule has 0 saturated heterocycles. The van der Waals surface area contributed by atoms with Gasteiger partial charge in [0.2, 0.25) is 17.7 Å². The highest BCUT2D eigenvalue weighted by atomic mass is 19.1. The topological polar surface area (TPSA) is 240 Å². The molecule has 8 rings (SSSR count). The molecule has 5 aromatic rings. The van der Waals surface area contributed by atoms with Crippen molar-refractivity contribution in [1.29, 1.82) is 0 Å². The Kier molecular flexibility index (Phi) is 22.2. The van der Waals surface area contributed by atoms with E-state index in [4.69, 9.17) is 39.3 Å². The Balaban J connectivity index is 0.717. The van der Waals surface area contributed by atoms with Gasteiger partial charge in [-0.2, -0.15) is 5.10 Å². The molecule has 4 heterocycles. The Bertz CT molecular complexity index is 3150. The van der Waals surface area contributed by atoms with E-state index >= 15 is 0 Å². The van der Waals surface area contributed by atoms with Crippen LogP contribution >= 0.6 is 0 Å². The van der Waals surface area contributed by atoms with Gasteiger partial charge in [-0.15, -0.1) is 0 Å². The van der Waals surface area contributed by atoms with Crippen LogP contribution in [-0.2, 0) is 70.6 Å². The number of nitrogens with zero attached hydrogens (tertiary/aromatic N) is 5. The van der Waals surface area contributed by atoms with Gasteiger partial charge < -0.3 is 59.9 Å². The SMILES string of the molecule is CN[C@H](C)C(=O)N[C@@H](C(=O)N1Cc2cc(OCCOCCOCCOCCOCCC(=O)CCCn3nc(C)c4c3CN(C)C(=O)c3ccc(F)cc3[C@@H](C)Oc3cc-4cnc3N)ccc2C[C@@H]1C(=O)N[C@H]1CCCc2ccccc21)C(C)(C)C. The maximum atomic E-state index is 14.7. The quantitative estimate of drug-likeness (QED) is 0.0402. The number of amides is 4. The number of rotatable bonds is 26. The molecule has 2 aliphatic heterocycles. The van der Waals surface area contributed by atoms with Crippen molar-refractivity contribution >= 4 is 35.2 Å². The van der Waals surface area contributed by atoms with Gasteiger partial charge in [-0.25, -0.2) is 9.37 Å². The van der Waals surface area contributed by atoms with Crippen LogP contribution in [0.5, 0.6) is 11.5 Å². The largest absolute Gasteiger partial charge is 0.491 e. The average Bonchev–Trinajstić information content (AvgIpc) is 4.00. The van der Waals surface area contributed by atoms with Crippen LogP contribution in [0.15, 0.2) is 72.9 Å². The minimum Gasteiger partial charge on any atom is -0.491 e. The smallest absolute Gasteiger partial charge is 0.254 e. The van der Waals surface area contributed by atoms with Crippen LogP contribution in [0.1, 0.15) is 128 Å². The van der Waals surface area contributed by atoms with E-state index in [1.54, 1.807) is 50.0 Å². The van der Waals surface area contributed by atoms with E-state index in [1.807, 2.05) is 62.7 Å². The standard InChI is InChI=1S/C64H84FN9O11/c1-40-57-45-35-56(59(66)68-37-45)85-42(3)52-36-47(65)19-21-51(52)62(78)72(8)39-55(57)74(71-40)23-12-15-48(75)22-24-80-25-26-81-27-28-82-29-30-83-31-32-84-49-20-18-44-34-54(61(77)69-53-17-11-14-43-13-9-10-16-50(43)53)73(38-46(44)33-49)63(79)58(64(4,5)6)70-60(76)41(2)67-7/h9-10,13,16,18-21,33,35-37,41-42,53-54,58,67H,11-12,14-15,17,22-32,34,38-39H2,1-8H3,(H2,66,68)(H,69,77)(H,70,76)/t41-,42-,53+,54-,58+/m1/s1. The van der Waals surface area contributed by atoms with Crippen LogP contribution in [0.2, 0.25) is 0 Å². The molecule has 20 nitrogen and oxygen atoms in total. The van der Waals surface area contributed by atoms with Crippen molar-refractivity contribution in [2.24, 2.45) is 5.41 Å². The van der Waals surface area contributed by atoms with Crippen LogP contribution in [0, 0.1) is 18.2 Å². The highest BCUT2D eigenvalue weighted by Gasteiger charge is 2.43. The number of benzene rings is 3. The van der Waals surface area contributed by atoms with Gasteiger partial charge in [0, 0.05) is 67.9 Å². The third-order valence-corrected chi connectivity index (χ3v) is 15.9. The van der Waals surface area contributed by atoms with Crippen LogP contribution < -0.4 is 31.2 Å². The van der Waals surface area contributed by atoms with Crippen LogP contribution in [0.3, 0.4) is 0 Å². The van der Waals surface area contributed by atoms with Crippen LogP contribution in [0.25, 0.3) is 11.1 Å². The van der Waals surface area contributed by atoms with Crippen molar-refractivity contribution in [3.05, 3.63) is 124 Å². The summed E-state index contributed by atoms with van der Waals surface area (Å²) < 4.78 is 51.3. The summed E-state index contributed by atoms with van der Waals surface area (Å²) in [5.74, 6) is -0.513. The van der Waals surface area contributed by atoms with Crippen LogP contribution in [-0.4, -0.2) is 146 Å². The second-order valence-electron chi connectivity index (χ2n) is 23.2. The number of aromatic nitrogens is 3. The first-order valence-corrected chi connectivity index (χ1v) is 29.6. The normalized spacial score (nSPS) is 17.4. The van der Waals surface area contributed by atoms with Gasteiger partial charge in [0.05, 0.1) is 82.9 Å². The summed E-state index contributed by atoms with van der Waals surface area (Å²) in [5, 5.41) is 14.1. The third kappa shape index (κ3) is 16.6. The molecule has 5 N–H and O–H groups in total. The molecule has 0 fully saturated rings. The number of halogens is 1. The van der Waals surface area contributed by atoms with Gasteiger partial charge in [-0.3, -0.25) is 28.7 Å². The number of pyridine rings is 1. The van der Waals surface area contributed by atoms with Gasteiger partial charge in [0.25, 0.3) is 5.91 Å². The van der Waals surface area contributed by atoms with Gasteiger partial charge in [-0.1, -0.05) is 51.1 Å². The highest BCUT2D eigenvalue weighted by molar-refractivity contribution is 5.96. The Morgan fingerprint density at radius 2 is 1.56 bits per heavy atom. The molecule has 5 atom stereocenters. The minimum absolute atomic E-state index is 0.0541. The number of likely N-dealkylation sites (N-methyl/N-ethyl adjacent to an activating group) is 1. The number of nitrogens with two attached hydrogens (primary N) is 1. The molecule has 21 heteroatoms. The van der Waals surface area contributed by atoms with E-state index < -0.39 is 35.5 Å². The summed E-state index contributed by atoms with van der Waals surface area (Å²) in [7, 11) is 3.38. The Morgan fingerprint density at radius 3 is 2.28 bits per heavy atom. The molecule has 3 aromatic carbocycles. The first-order chi connectivity index (χ1) is 40.8. The number of nitrogen functional groups attached to an aromatic ring is 1. The Labute approximate surface area is 498 Å². The summed E-state index contributed by atoms with van der Waals surface area (Å²) in [6.07, 6.45) is 5.06. The van der Waals surface area contributed by atoms with Crippen molar-refractivity contribution in [2.45, 2.75) is 136 Å². The molecule has 0 spiro atoms. The van der Waals surface area contributed by atoms with E-state index in [9.17, 15) is 28.4 Å². The van der Waals surface area contributed by atoms with E-state index in [2.05, 4.69) is 33.1 Å². The lowest BCUT2D eigenvalue weighted by atomic mass is 9.83. The fourth-order valence-corrected chi connectivity index (χ4v) is 11.1. The summed E-state index contributed by atoms with van der Waals surface area (Å²) in [4.78, 5) is 76.6. The Hall–Kier alpha value is -7.30. The number of carbonyl (C=O) groups excluding carboxylic acids is 5. The van der Waals surface area contributed by atoms with Crippen molar-refractivity contribution in [3.63, 3.8) is 0 Å². The predicted molar refractivity (Wildman–Crippen MR) is 318 cm³/mol. The molecule has 0 radical (unpaired) electrons. The number of ketones is 1. The van der Waals surface area contributed by atoms with Crippen molar-refractivity contribution in [2.75, 3.05) is 79.3 Å². The molecule has 0 saturated carbocycles. The molecule has 0 unspecified atom stereocenters. The number of aryl methyl sites for hydroxylation is 3. The fourth-order valence-electron chi connectivity index (χ4n) is 11.1. The predicted octanol–water partition coefficient (Wildman–Crippen LogP) is 7.17. The van der Waals surface area contributed by atoms with Gasteiger partial charge >= 0.3 is 0 Å². The average molecular weight is 1170 g/mol. The van der Waals surface area contributed by atoms with Gasteiger partial charge in [0.15, 0.2) is 11.6 Å². The Morgan fingerprint density at radius 1 is 0.859 bits per heavy atom. The number of Topliss-reactive ketones (excluding diaryl/α,β-unsaturated/α-hetero) is 1. The molecular formula is C64H84FN9O11. The summed E-state index contributed by atoms with van der Waals surface area (Å²) in [6, 6.07) is 17.4. The first kappa shape index (κ1) is 63.7. The lowest BCUT2D eigenvalue weighted by Gasteiger charge is -2.41. The zero-order valence-corrected chi connectivity index (χ0v) is 50.4. The molecule has 2 bridgehead atoms. The number of hydrogen-bond acceptors (Lipinski definition) is 15. The van der Waals surface area contributed by atoms with Crippen molar-refractivity contribution in [1.82, 2.24) is 40.5 Å². The molecule has 2 aromatic heterocycles. The second-order valence-corrected chi connectivity index (χ2v) is 23.2. The zero-order valence-electron chi connectivity index (χ0n) is 50.4. The number of fused-ring (bicyclic) bond motifs is 7. The summed E-state index contributed by atoms with van der Waals surface area (Å²) in [5.41, 5.74) is 13.4. The lowest BCUT2D eigenvalue weighted by molar-refractivity contribution is -0.147. The zero-order chi connectivity index (χ0) is 60.8. The molecule has 1 aliphatic carbocycles. The maximum Gasteiger partial charge on any atom is 0.254 e. The van der Waals surface area contributed by atoms with E-state index in [0.29, 0.717) is 106 Å². The lowest BCUT2D eigenvalue weighted by Crippen LogP contribution is -2.62.